The molecule has 0 spiro atoms. The van der Waals surface area contributed by atoms with Crippen LogP contribution < -0.4 is 20.9 Å². The summed E-state index contributed by atoms with van der Waals surface area (Å²) >= 11 is 0. The van der Waals surface area contributed by atoms with E-state index in [0.717, 1.165) is 49.7 Å². The smallest absolute Gasteiger partial charge is 0.142 e. The highest BCUT2D eigenvalue weighted by molar-refractivity contribution is 5.65. The average Bonchev–Trinajstić information content (AvgIpc) is 2.93. The summed E-state index contributed by atoms with van der Waals surface area (Å²) in [5.74, 6) is 1.60. The summed E-state index contributed by atoms with van der Waals surface area (Å²) in [7, 11) is 3.23. The van der Waals surface area contributed by atoms with E-state index < -0.39 is 12.2 Å². The van der Waals surface area contributed by atoms with Gasteiger partial charge in [-0.1, -0.05) is 92.2 Å². The number of anilines is 2. The molecule has 0 aliphatic heterocycles. The molecule has 2 unspecified atom stereocenters. The van der Waals surface area contributed by atoms with Gasteiger partial charge in [0.05, 0.1) is 37.8 Å². The molecule has 2 aromatic rings. The lowest BCUT2D eigenvalue weighted by Gasteiger charge is -2.31. The predicted molar refractivity (Wildman–Crippen MR) is 159 cm³/mol. The maximum absolute atomic E-state index is 11.4. The summed E-state index contributed by atoms with van der Waals surface area (Å²) in [5.41, 5.74) is 17.5. The van der Waals surface area contributed by atoms with Gasteiger partial charge in [-0.15, -0.1) is 0 Å². The van der Waals surface area contributed by atoms with Crippen molar-refractivity contribution < 1.29 is 19.7 Å². The Balaban J connectivity index is 2.86. The molecule has 0 fully saturated rings. The average molecular weight is 529 g/mol. The summed E-state index contributed by atoms with van der Waals surface area (Å²) < 4.78 is 11.4. The molecule has 0 aromatic heterocycles. The van der Waals surface area contributed by atoms with Crippen LogP contribution in [0.25, 0.3) is 0 Å². The van der Waals surface area contributed by atoms with Gasteiger partial charge in [0, 0.05) is 17.0 Å². The van der Waals surface area contributed by atoms with E-state index in [0.29, 0.717) is 39.9 Å². The zero-order valence-corrected chi connectivity index (χ0v) is 24.9. The third-order valence-corrected chi connectivity index (χ3v) is 8.70. The molecule has 6 heteroatoms. The number of aliphatic hydroxyl groups excluding tert-OH is 2. The van der Waals surface area contributed by atoms with E-state index in [2.05, 4.69) is 53.7 Å². The molecule has 0 bridgehead atoms. The molecule has 0 radical (unpaired) electrons. The molecule has 2 atom stereocenters. The summed E-state index contributed by atoms with van der Waals surface area (Å²) in [6, 6.07) is 8.12. The van der Waals surface area contributed by atoms with Crippen LogP contribution in [0.4, 0.5) is 11.4 Å². The monoisotopic (exact) mass is 528 g/mol. The lowest BCUT2D eigenvalue weighted by atomic mass is 9.75. The summed E-state index contributed by atoms with van der Waals surface area (Å²) in [6.07, 6.45) is 3.95. The van der Waals surface area contributed by atoms with Crippen molar-refractivity contribution in [2.24, 2.45) is 17.8 Å². The molecular weight excluding hydrogens is 476 g/mol. The van der Waals surface area contributed by atoms with Gasteiger partial charge in [0.25, 0.3) is 0 Å². The predicted octanol–water partition coefficient (Wildman–Crippen LogP) is 7.38. The standard InChI is InChI=1S/C32H52N2O4/c1-9-19(10-2)28(22-15-24(29(33)26(17-22)37-7)31(35)20(11-3)12-4)23-16-25(30(34)27(18-23)38-8)32(36)21(13-5)14-6/h15-21,28,31-32,35-36H,9-14,33-34H2,1-8H3. The molecule has 6 N–H and O–H groups in total. The third-order valence-electron chi connectivity index (χ3n) is 8.70. The van der Waals surface area contributed by atoms with Crippen molar-refractivity contribution in [1.29, 1.82) is 0 Å². The second kappa shape index (κ2) is 14.6. The summed E-state index contributed by atoms with van der Waals surface area (Å²) in [5, 5.41) is 22.7. The highest BCUT2D eigenvalue weighted by Crippen LogP contribution is 2.46. The number of hydrogen-bond donors (Lipinski definition) is 4. The lowest BCUT2D eigenvalue weighted by molar-refractivity contribution is 0.104. The molecular formula is C32H52N2O4. The second-order valence-electron chi connectivity index (χ2n) is 10.5. The zero-order valence-electron chi connectivity index (χ0n) is 24.9. The van der Waals surface area contributed by atoms with Crippen LogP contribution in [-0.2, 0) is 0 Å². The molecule has 0 aliphatic rings. The fourth-order valence-electron chi connectivity index (χ4n) is 6.00. The van der Waals surface area contributed by atoms with E-state index in [1.165, 1.54) is 0 Å². The van der Waals surface area contributed by atoms with Crippen LogP contribution in [0.5, 0.6) is 11.5 Å². The number of benzene rings is 2. The molecule has 0 saturated carbocycles. The van der Waals surface area contributed by atoms with E-state index in [4.69, 9.17) is 20.9 Å². The molecule has 0 heterocycles. The maximum Gasteiger partial charge on any atom is 0.142 e. The van der Waals surface area contributed by atoms with Crippen molar-refractivity contribution in [3.05, 3.63) is 46.5 Å². The maximum atomic E-state index is 11.4. The molecule has 38 heavy (non-hydrogen) atoms. The van der Waals surface area contributed by atoms with Gasteiger partial charge in [-0.25, -0.2) is 0 Å². The molecule has 6 nitrogen and oxygen atoms in total. The zero-order chi connectivity index (χ0) is 28.6. The highest BCUT2D eigenvalue weighted by atomic mass is 16.5. The minimum atomic E-state index is -0.686. The van der Waals surface area contributed by atoms with Crippen molar-refractivity contribution in [3.63, 3.8) is 0 Å². The van der Waals surface area contributed by atoms with Crippen LogP contribution in [0.2, 0.25) is 0 Å². The number of nitrogens with two attached hydrogens (primary N) is 2. The van der Waals surface area contributed by atoms with Crippen LogP contribution in [0.15, 0.2) is 24.3 Å². The van der Waals surface area contributed by atoms with Gasteiger partial charge >= 0.3 is 0 Å². The number of rotatable bonds is 15. The first-order valence-corrected chi connectivity index (χ1v) is 14.5. The Bertz CT molecular complexity index is 938. The summed E-state index contributed by atoms with van der Waals surface area (Å²) in [4.78, 5) is 0. The number of ether oxygens (including phenoxy) is 2. The van der Waals surface area contributed by atoms with Crippen molar-refractivity contribution in [3.8, 4) is 11.5 Å². The minimum Gasteiger partial charge on any atom is -0.495 e. The van der Waals surface area contributed by atoms with Gasteiger partial charge < -0.3 is 31.2 Å². The van der Waals surface area contributed by atoms with Gasteiger partial charge in [-0.2, -0.15) is 0 Å². The SMILES string of the molecule is CCC(CC)C(O)c1cc(C(c2cc(OC)c(N)c(C(O)C(CC)CC)c2)C(CC)CC)cc(OC)c1N. The number of hydrogen-bond acceptors (Lipinski definition) is 6. The normalized spacial score (nSPS) is 14.2. The van der Waals surface area contributed by atoms with Gasteiger partial charge in [-0.3, -0.25) is 0 Å². The first-order chi connectivity index (χ1) is 18.2. The van der Waals surface area contributed by atoms with Crippen molar-refractivity contribution in [1.82, 2.24) is 0 Å². The fourth-order valence-corrected chi connectivity index (χ4v) is 6.00. The second-order valence-corrected chi connectivity index (χ2v) is 10.5. The molecule has 2 aromatic carbocycles. The Morgan fingerprint density at radius 1 is 0.579 bits per heavy atom. The topological polar surface area (TPSA) is 111 Å². The summed E-state index contributed by atoms with van der Waals surface area (Å²) in [6.45, 7) is 12.8. The van der Waals surface area contributed by atoms with E-state index >= 15 is 0 Å². The fraction of sp³-hybridized carbons (Fsp3) is 0.625. The van der Waals surface area contributed by atoms with Crippen molar-refractivity contribution in [2.45, 2.75) is 98.2 Å². The highest BCUT2D eigenvalue weighted by Gasteiger charge is 2.30. The van der Waals surface area contributed by atoms with E-state index in [1.54, 1.807) is 14.2 Å². The first-order valence-electron chi connectivity index (χ1n) is 14.5. The van der Waals surface area contributed by atoms with Crippen molar-refractivity contribution >= 4 is 11.4 Å². The van der Waals surface area contributed by atoms with Crippen LogP contribution in [0.1, 0.15) is 120 Å². The largest absolute Gasteiger partial charge is 0.495 e. The van der Waals surface area contributed by atoms with Gasteiger partial charge in [0.1, 0.15) is 11.5 Å². The van der Waals surface area contributed by atoms with Gasteiger partial charge in [-0.05, 0) is 41.0 Å². The Labute approximate surface area is 230 Å². The Morgan fingerprint density at radius 3 is 1.16 bits per heavy atom. The van der Waals surface area contributed by atoms with Gasteiger partial charge in [0.2, 0.25) is 0 Å². The molecule has 0 aliphatic carbocycles. The minimum absolute atomic E-state index is 0.0330. The number of aliphatic hydroxyl groups is 2. The third kappa shape index (κ3) is 6.58. The van der Waals surface area contributed by atoms with Crippen LogP contribution in [-0.4, -0.2) is 24.4 Å². The first kappa shape index (κ1) is 31.8. The van der Waals surface area contributed by atoms with Crippen LogP contribution in [0.3, 0.4) is 0 Å². The Morgan fingerprint density at radius 2 is 0.895 bits per heavy atom. The number of methoxy groups -OCH3 is 2. The van der Waals surface area contributed by atoms with Crippen molar-refractivity contribution in [2.75, 3.05) is 25.7 Å². The molecule has 214 valence electrons. The van der Waals surface area contributed by atoms with Crippen LogP contribution in [0, 0.1) is 17.8 Å². The molecule has 2 rings (SSSR count). The van der Waals surface area contributed by atoms with E-state index in [1.807, 2.05) is 12.1 Å². The Hall–Kier alpha value is -2.44. The molecule has 0 saturated heterocycles. The van der Waals surface area contributed by atoms with Gasteiger partial charge in [0.15, 0.2) is 0 Å². The number of nitrogen functional groups attached to an aromatic ring is 2. The van der Waals surface area contributed by atoms with E-state index in [-0.39, 0.29) is 17.8 Å². The quantitative estimate of drug-likeness (QED) is 0.180. The molecule has 0 amide bonds. The lowest BCUT2D eigenvalue weighted by Crippen LogP contribution is -2.19. The van der Waals surface area contributed by atoms with Crippen LogP contribution >= 0.6 is 0 Å². The Kier molecular flexibility index (Phi) is 12.2. The van der Waals surface area contributed by atoms with E-state index in [9.17, 15) is 10.2 Å².